The van der Waals surface area contributed by atoms with Crippen LogP contribution in [0.25, 0.3) is 0 Å². The maximum absolute atomic E-state index is 11.3. The monoisotopic (exact) mass is 333 g/mol. The van der Waals surface area contributed by atoms with E-state index in [4.69, 9.17) is 33.7 Å². The van der Waals surface area contributed by atoms with Crippen LogP contribution >= 0.6 is 23.2 Å². The van der Waals surface area contributed by atoms with Crippen molar-refractivity contribution in [2.24, 2.45) is 0 Å². The van der Waals surface area contributed by atoms with Crippen molar-refractivity contribution >= 4 is 39.0 Å². The third-order valence-corrected chi connectivity index (χ3v) is 3.97. The van der Waals surface area contributed by atoms with Gasteiger partial charge in [-0.15, -0.1) is 0 Å². The normalized spacial score (nSPS) is 11.3. The van der Waals surface area contributed by atoms with Crippen LogP contribution in [0, 0.1) is 0 Å². The Labute approximate surface area is 125 Å². The molecule has 0 saturated carbocycles. The Kier molecular flexibility index (Phi) is 4.10. The molecule has 0 fully saturated rings. The van der Waals surface area contributed by atoms with Gasteiger partial charge in [-0.3, -0.25) is 4.55 Å². The molecule has 0 aliphatic carbocycles. The molecule has 2 rings (SSSR count). The first-order chi connectivity index (χ1) is 9.27. The lowest BCUT2D eigenvalue weighted by Crippen LogP contribution is -2.01. The second-order valence-electron chi connectivity index (χ2n) is 3.86. The summed E-state index contributed by atoms with van der Waals surface area (Å²) < 4.78 is 37.2. The fraction of sp³-hybridized carbons (Fsp3) is 0. The van der Waals surface area contributed by atoms with Crippen LogP contribution in [0.2, 0.25) is 10.0 Å². The summed E-state index contributed by atoms with van der Waals surface area (Å²) in [4.78, 5) is -0.469. The molecule has 20 heavy (non-hydrogen) atoms. The van der Waals surface area contributed by atoms with E-state index in [2.05, 4.69) is 0 Å². The molecule has 0 aromatic heterocycles. The molecule has 106 valence electrons. The van der Waals surface area contributed by atoms with Crippen molar-refractivity contribution in [3.8, 4) is 11.5 Å². The number of anilines is 1. The molecule has 0 aliphatic rings. The molecule has 0 aliphatic heterocycles. The highest BCUT2D eigenvalue weighted by molar-refractivity contribution is 7.86. The van der Waals surface area contributed by atoms with Crippen molar-refractivity contribution < 1.29 is 17.7 Å². The van der Waals surface area contributed by atoms with Gasteiger partial charge in [-0.05, 0) is 30.3 Å². The lowest BCUT2D eigenvalue weighted by Gasteiger charge is -2.11. The van der Waals surface area contributed by atoms with Crippen molar-refractivity contribution in [1.29, 1.82) is 0 Å². The molecule has 0 saturated heterocycles. The fourth-order valence-corrected chi connectivity index (χ4v) is 2.46. The molecule has 5 nitrogen and oxygen atoms in total. The highest BCUT2D eigenvalue weighted by atomic mass is 35.5. The standard InChI is InChI=1S/C12H9Cl2NO4S/c13-9-5-11(12(6-10(9)14)20(16,17)18)19-8-3-1-7(15)2-4-8/h1-6H,15H2,(H,16,17,18). The molecule has 0 spiro atoms. The van der Waals surface area contributed by atoms with E-state index in [1.807, 2.05) is 0 Å². The first-order valence-corrected chi connectivity index (χ1v) is 7.47. The second-order valence-corrected chi connectivity index (χ2v) is 6.06. The molecule has 0 heterocycles. The highest BCUT2D eigenvalue weighted by Gasteiger charge is 2.20. The highest BCUT2D eigenvalue weighted by Crippen LogP contribution is 2.36. The molecule has 0 bridgehead atoms. The van der Waals surface area contributed by atoms with Gasteiger partial charge >= 0.3 is 0 Å². The minimum Gasteiger partial charge on any atom is -0.456 e. The van der Waals surface area contributed by atoms with E-state index in [9.17, 15) is 13.0 Å². The molecular weight excluding hydrogens is 325 g/mol. The van der Waals surface area contributed by atoms with Crippen LogP contribution in [0.15, 0.2) is 41.3 Å². The lowest BCUT2D eigenvalue weighted by atomic mass is 10.3. The smallest absolute Gasteiger partial charge is 0.298 e. The van der Waals surface area contributed by atoms with E-state index in [1.54, 1.807) is 24.3 Å². The Hall–Kier alpha value is -1.47. The lowest BCUT2D eigenvalue weighted by molar-refractivity contribution is 0.450. The maximum Gasteiger partial charge on any atom is 0.298 e. The fourth-order valence-electron chi connectivity index (χ4n) is 1.45. The van der Waals surface area contributed by atoms with Crippen LogP contribution in [-0.2, 0) is 10.1 Å². The quantitative estimate of drug-likeness (QED) is 0.661. The summed E-state index contributed by atoms with van der Waals surface area (Å²) >= 11 is 11.6. The van der Waals surface area contributed by atoms with Gasteiger partial charge in [-0.2, -0.15) is 8.42 Å². The molecule has 8 heteroatoms. The largest absolute Gasteiger partial charge is 0.456 e. The molecule has 0 atom stereocenters. The SMILES string of the molecule is Nc1ccc(Oc2cc(Cl)c(Cl)cc2S(=O)(=O)O)cc1. The van der Waals surface area contributed by atoms with E-state index in [0.29, 0.717) is 11.4 Å². The Morgan fingerprint density at radius 2 is 1.60 bits per heavy atom. The summed E-state index contributed by atoms with van der Waals surface area (Å²) in [5, 5.41) is 0.0912. The minimum absolute atomic E-state index is 0.0102. The first-order valence-electron chi connectivity index (χ1n) is 5.27. The van der Waals surface area contributed by atoms with Crippen LogP contribution in [-0.4, -0.2) is 13.0 Å². The van der Waals surface area contributed by atoms with Gasteiger partial charge < -0.3 is 10.5 Å². The number of benzene rings is 2. The summed E-state index contributed by atoms with van der Waals surface area (Å²) in [5.41, 5.74) is 6.06. The predicted octanol–water partition coefficient (Wildman–Crippen LogP) is 3.61. The minimum atomic E-state index is -4.49. The Balaban J connectivity index is 2.50. The maximum atomic E-state index is 11.3. The van der Waals surface area contributed by atoms with Gasteiger partial charge in [-0.25, -0.2) is 0 Å². The van der Waals surface area contributed by atoms with Gasteiger partial charge in [0.05, 0.1) is 10.0 Å². The van der Waals surface area contributed by atoms with Crippen LogP contribution in [0.1, 0.15) is 0 Å². The predicted molar refractivity (Wildman–Crippen MR) is 77.2 cm³/mol. The Morgan fingerprint density at radius 3 is 2.15 bits per heavy atom. The second kappa shape index (κ2) is 5.49. The van der Waals surface area contributed by atoms with Crippen LogP contribution in [0.4, 0.5) is 5.69 Å². The zero-order chi connectivity index (χ0) is 14.9. The number of rotatable bonds is 3. The summed E-state index contributed by atoms with van der Waals surface area (Å²) in [6.45, 7) is 0. The van der Waals surface area contributed by atoms with Gasteiger partial charge in [0.2, 0.25) is 0 Å². The number of halogens is 2. The van der Waals surface area contributed by atoms with Crippen LogP contribution < -0.4 is 10.5 Å². The molecule has 0 radical (unpaired) electrons. The van der Waals surface area contributed by atoms with Gasteiger partial charge in [0, 0.05) is 11.8 Å². The van der Waals surface area contributed by atoms with Crippen molar-refractivity contribution in [2.45, 2.75) is 4.90 Å². The molecule has 3 N–H and O–H groups in total. The molecule has 0 amide bonds. The zero-order valence-electron chi connectivity index (χ0n) is 9.88. The average molecular weight is 334 g/mol. The number of hydrogen-bond acceptors (Lipinski definition) is 4. The van der Waals surface area contributed by atoms with E-state index >= 15 is 0 Å². The van der Waals surface area contributed by atoms with Crippen LogP contribution in [0.5, 0.6) is 11.5 Å². The number of nitrogen functional groups attached to an aromatic ring is 1. The zero-order valence-corrected chi connectivity index (χ0v) is 12.2. The third kappa shape index (κ3) is 3.34. The van der Waals surface area contributed by atoms with E-state index in [1.165, 1.54) is 6.07 Å². The van der Waals surface area contributed by atoms with Crippen molar-refractivity contribution in [3.63, 3.8) is 0 Å². The van der Waals surface area contributed by atoms with Gasteiger partial charge in [0.15, 0.2) is 0 Å². The topological polar surface area (TPSA) is 89.6 Å². The Morgan fingerprint density at radius 1 is 1.05 bits per heavy atom. The number of ether oxygens (including phenoxy) is 1. The third-order valence-electron chi connectivity index (χ3n) is 2.37. The van der Waals surface area contributed by atoms with E-state index < -0.39 is 15.0 Å². The van der Waals surface area contributed by atoms with Crippen molar-refractivity contribution in [1.82, 2.24) is 0 Å². The van der Waals surface area contributed by atoms with E-state index in [-0.39, 0.29) is 15.8 Å². The van der Waals surface area contributed by atoms with Gasteiger partial charge in [-0.1, -0.05) is 23.2 Å². The molecule has 0 unspecified atom stereocenters. The molecular formula is C12H9Cl2NO4S. The summed E-state index contributed by atoms with van der Waals surface area (Å²) in [6, 6.07) is 8.49. The molecule has 2 aromatic rings. The van der Waals surface area contributed by atoms with Gasteiger partial charge in [0.1, 0.15) is 16.4 Å². The van der Waals surface area contributed by atoms with Crippen molar-refractivity contribution in [3.05, 3.63) is 46.4 Å². The van der Waals surface area contributed by atoms with Crippen LogP contribution in [0.3, 0.4) is 0 Å². The molecule has 2 aromatic carbocycles. The van der Waals surface area contributed by atoms with Crippen molar-refractivity contribution in [2.75, 3.05) is 5.73 Å². The van der Waals surface area contributed by atoms with Gasteiger partial charge in [0.25, 0.3) is 10.1 Å². The first kappa shape index (κ1) is 14.9. The van der Waals surface area contributed by atoms with E-state index in [0.717, 1.165) is 6.07 Å². The number of nitrogens with two attached hydrogens (primary N) is 1. The summed E-state index contributed by atoms with van der Waals surface area (Å²) in [7, 11) is -4.49. The average Bonchev–Trinajstić information content (AvgIpc) is 2.35. The summed E-state index contributed by atoms with van der Waals surface area (Å²) in [6.07, 6.45) is 0. The number of hydrogen-bond donors (Lipinski definition) is 2. The Bertz CT molecular complexity index is 745. The summed E-state index contributed by atoms with van der Waals surface area (Å²) in [5.74, 6) is 0.203.